The van der Waals surface area contributed by atoms with E-state index >= 15 is 0 Å². The summed E-state index contributed by atoms with van der Waals surface area (Å²) in [5, 5.41) is 0. The Balaban J connectivity index is 2.01. The monoisotopic (exact) mass is 367 g/mol. The van der Waals surface area contributed by atoms with Crippen LogP contribution in [0.4, 0.5) is 5.69 Å². The molecule has 0 saturated carbocycles. The van der Waals surface area contributed by atoms with Crippen LogP contribution in [0.15, 0.2) is 52.3 Å². The third-order valence-corrected chi connectivity index (χ3v) is 6.93. The Morgan fingerprint density at radius 1 is 0.958 bits per heavy atom. The van der Waals surface area contributed by atoms with E-state index in [1.54, 1.807) is 24.3 Å². The van der Waals surface area contributed by atoms with E-state index in [4.69, 9.17) is 4.74 Å². The average Bonchev–Trinajstić information content (AvgIpc) is 2.98. The smallest absolute Gasteiger partial charge is 0.232 e. The van der Waals surface area contributed by atoms with E-state index in [0.29, 0.717) is 24.4 Å². The van der Waals surface area contributed by atoms with Gasteiger partial charge in [-0.25, -0.2) is 16.8 Å². The van der Waals surface area contributed by atoms with Gasteiger partial charge in [0.25, 0.3) is 0 Å². The molecule has 0 N–H and O–H groups in total. The first-order valence-electron chi connectivity index (χ1n) is 7.23. The maximum Gasteiger partial charge on any atom is 0.232 e. The molecule has 0 amide bonds. The lowest BCUT2D eigenvalue weighted by Gasteiger charge is -2.16. The van der Waals surface area contributed by atoms with Gasteiger partial charge in [0.1, 0.15) is 5.75 Å². The predicted octanol–water partition coefficient (Wildman–Crippen LogP) is 1.85. The Bertz CT molecular complexity index is 980. The van der Waals surface area contributed by atoms with Crippen molar-refractivity contribution in [3.8, 4) is 5.75 Å². The summed E-state index contributed by atoms with van der Waals surface area (Å²) in [6.07, 6.45) is 1.64. The van der Waals surface area contributed by atoms with Crippen molar-refractivity contribution in [1.29, 1.82) is 0 Å². The fourth-order valence-electron chi connectivity index (χ4n) is 2.75. The third-order valence-electron chi connectivity index (χ3n) is 3.98. The van der Waals surface area contributed by atoms with Crippen LogP contribution in [-0.2, 0) is 26.3 Å². The van der Waals surface area contributed by atoms with Gasteiger partial charge in [0.05, 0.1) is 28.8 Å². The Morgan fingerprint density at radius 2 is 1.58 bits per heavy atom. The molecule has 2 aromatic rings. The minimum absolute atomic E-state index is 0.154. The number of benzene rings is 2. The van der Waals surface area contributed by atoms with E-state index in [-0.39, 0.29) is 9.79 Å². The molecular weight excluding hydrogens is 350 g/mol. The Morgan fingerprint density at radius 3 is 2.17 bits per heavy atom. The van der Waals surface area contributed by atoms with Gasteiger partial charge in [0.2, 0.25) is 19.9 Å². The molecule has 0 atom stereocenters. The van der Waals surface area contributed by atoms with Crippen LogP contribution >= 0.6 is 0 Å². The van der Waals surface area contributed by atoms with Crippen molar-refractivity contribution < 1.29 is 21.6 Å². The maximum absolute atomic E-state index is 12.7. The fourth-order valence-corrected chi connectivity index (χ4v) is 5.02. The number of hydrogen-bond acceptors (Lipinski definition) is 5. The van der Waals surface area contributed by atoms with Crippen LogP contribution in [-0.4, -0.2) is 36.7 Å². The number of sulfone groups is 1. The van der Waals surface area contributed by atoms with Crippen LogP contribution < -0.4 is 9.04 Å². The molecule has 1 aliphatic heterocycles. The number of methoxy groups -OCH3 is 1. The minimum Gasteiger partial charge on any atom is -0.497 e. The maximum atomic E-state index is 12.7. The quantitative estimate of drug-likeness (QED) is 0.824. The zero-order chi connectivity index (χ0) is 17.5. The second-order valence-electron chi connectivity index (χ2n) is 5.55. The first kappa shape index (κ1) is 16.8. The Labute approximate surface area is 141 Å². The summed E-state index contributed by atoms with van der Waals surface area (Å²) >= 11 is 0. The topological polar surface area (TPSA) is 80.8 Å². The largest absolute Gasteiger partial charge is 0.497 e. The van der Waals surface area contributed by atoms with Crippen molar-refractivity contribution in [3.63, 3.8) is 0 Å². The SMILES string of the molecule is COc1ccc(S(=O)(=O)c2ccc3c(c2)CCN3S(C)(=O)=O)cc1. The summed E-state index contributed by atoms with van der Waals surface area (Å²) in [6, 6.07) is 10.7. The molecule has 0 spiro atoms. The van der Waals surface area contributed by atoms with Gasteiger partial charge >= 0.3 is 0 Å². The van der Waals surface area contributed by atoms with Crippen molar-refractivity contribution in [1.82, 2.24) is 0 Å². The lowest BCUT2D eigenvalue weighted by molar-refractivity contribution is 0.414. The average molecular weight is 367 g/mol. The van der Waals surface area contributed by atoms with Crippen molar-refractivity contribution >= 4 is 25.5 Å². The van der Waals surface area contributed by atoms with E-state index < -0.39 is 19.9 Å². The highest BCUT2D eigenvalue weighted by Gasteiger charge is 2.28. The zero-order valence-corrected chi connectivity index (χ0v) is 14.9. The van der Waals surface area contributed by atoms with Crippen LogP contribution in [0.3, 0.4) is 0 Å². The van der Waals surface area contributed by atoms with Gasteiger partial charge in [-0.1, -0.05) is 0 Å². The second-order valence-corrected chi connectivity index (χ2v) is 9.41. The number of ether oxygens (including phenoxy) is 1. The normalized spacial score (nSPS) is 14.5. The molecule has 1 heterocycles. The predicted molar refractivity (Wildman–Crippen MR) is 90.8 cm³/mol. The highest BCUT2D eigenvalue weighted by molar-refractivity contribution is 7.92. The van der Waals surface area contributed by atoms with Crippen LogP contribution in [0.5, 0.6) is 5.75 Å². The molecule has 128 valence electrons. The van der Waals surface area contributed by atoms with Gasteiger partial charge in [-0.15, -0.1) is 0 Å². The number of rotatable bonds is 4. The van der Waals surface area contributed by atoms with Gasteiger partial charge in [0, 0.05) is 6.54 Å². The van der Waals surface area contributed by atoms with Gasteiger partial charge in [-0.3, -0.25) is 4.31 Å². The molecule has 2 aromatic carbocycles. The molecule has 0 unspecified atom stereocenters. The molecule has 0 saturated heterocycles. The first-order chi connectivity index (χ1) is 11.2. The molecule has 0 radical (unpaired) electrons. The van der Waals surface area contributed by atoms with Crippen molar-refractivity contribution in [3.05, 3.63) is 48.0 Å². The van der Waals surface area contributed by atoms with E-state index in [1.165, 1.54) is 29.6 Å². The fraction of sp³-hybridized carbons (Fsp3) is 0.250. The van der Waals surface area contributed by atoms with Crippen LogP contribution in [0.25, 0.3) is 0 Å². The highest BCUT2D eigenvalue weighted by Crippen LogP contribution is 2.33. The summed E-state index contributed by atoms with van der Waals surface area (Å²) < 4.78 is 55.3. The van der Waals surface area contributed by atoms with E-state index in [0.717, 1.165) is 11.8 Å². The Hall–Kier alpha value is -2.06. The molecule has 0 aliphatic carbocycles. The van der Waals surface area contributed by atoms with Crippen molar-refractivity contribution in [2.75, 3.05) is 24.2 Å². The number of anilines is 1. The van der Waals surface area contributed by atoms with Crippen LogP contribution in [0.1, 0.15) is 5.56 Å². The molecule has 8 heteroatoms. The van der Waals surface area contributed by atoms with E-state index in [9.17, 15) is 16.8 Å². The number of nitrogens with zero attached hydrogens (tertiary/aromatic N) is 1. The summed E-state index contributed by atoms with van der Waals surface area (Å²) in [5.41, 5.74) is 1.26. The molecular formula is C16H17NO5S2. The minimum atomic E-state index is -3.66. The molecule has 0 fully saturated rings. The summed E-state index contributed by atoms with van der Waals surface area (Å²) in [5.74, 6) is 0.576. The van der Waals surface area contributed by atoms with E-state index in [2.05, 4.69) is 0 Å². The van der Waals surface area contributed by atoms with E-state index in [1.807, 2.05) is 0 Å². The highest BCUT2D eigenvalue weighted by atomic mass is 32.2. The van der Waals surface area contributed by atoms with Crippen LogP contribution in [0, 0.1) is 0 Å². The first-order valence-corrected chi connectivity index (χ1v) is 10.6. The molecule has 0 aromatic heterocycles. The second kappa shape index (κ2) is 5.78. The number of hydrogen-bond donors (Lipinski definition) is 0. The van der Waals surface area contributed by atoms with Gasteiger partial charge in [-0.05, 0) is 54.4 Å². The Kier molecular flexibility index (Phi) is 4.05. The van der Waals surface area contributed by atoms with Gasteiger partial charge in [0.15, 0.2) is 0 Å². The van der Waals surface area contributed by atoms with Gasteiger partial charge < -0.3 is 4.74 Å². The third kappa shape index (κ3) is 2.87. The standard InChI is InChI=1S/C16H17NO5S2/c1-22-13-3-5-14(6-4-13)24(20,21)15-7-8-16-12(11-15)9-10-17(16)23(2,18)19/h3-8,11H,9-10H2,1-2H3. The summed E-state index contributed by atoms with van der Waals surface area (Å²) in [4.78, 5) is 0.322. The van der Waals surface area contributed by atoms with Crippen molar-refractivity contribution in [2.24, 2.45) is 0 Å². The zero-order valence-electron chi connectivity index (χ0n) is 13.3. The molecule has 3 rings (SSSR count). The molecule has 6 nitrogen and oxygen atoms in total. The molecule has 1 aliphatic rings. The van der Waals surface area contributed by atoms with Gasteiger partial charge in [-0.2, -0.15) is 0 Å². The number of sulfonamides is 1. The van der Waals surface area contributed by atoms with Crippen molar-refractivity contribution in [2.45, 2.75) is 16.2 Å². The lowest BCUT2D eigenvalue weighted by Crippen LogP contribution is -2.27. The summed E-state index contributed by atoms with van der Waals surface area (Å²) in [6.45, 7) is 0.334. The summed E-state index contributed by atoms with van der Waals surface area (Å²) in [7, 11) is -5.50. The molecule has 0 bridgehead atoms. The molecule has 24 heavy (non-hydrogen) atoms. The van der Waals surface area contributed by atoms with Crippen LogP contribution in [0.2, 0.25) is 0 Å². The lowest BCUT2D eigenvalue weighted by atomic mass is 10.2. The number of fused-ring (bicyclic) bond motifs is 1.